The predicted octanol–water partition coefficient (Wildman–Crippen LogP) is 6.07. The molecule has 33 heavy (non-hydrogen) atoms. The average molecular weight is 460 g/mol. The Morgan fingerprint density at radius 2 is 1.64 bits per heavy atom. The Bertz CT molecular complexity index is 1340. The third-order valence-electron chi connectivity index (χ3n) is 5.58. The van der Waals surface area contributed by atoms with Crippen LogP contribution in [0.4, 0.5) is 5.69 Å². The van der Waals surface area contributed by atoms with E-state index >= 15 is 0 Å². The Balaban J connectivity index is 1.69. The summed E-state index contributed by atoms with van der Waals surface area (Å²) in [5.41, 5.74) is 4.34. The highest BCUT2D eigenvalue weighted by Gasteiger charge is 2.13. The van der Waals surface area contributed by atoms with Gasteiger partial charge in [-0.1, -0.05) is 61.8 Å². The minimum absolute atomic E-state index is 0.0917. The smallest absolute Gasteiger partial charge is 0.261 e. The average Bonchev–Trinajstić information content (AvgIpc) is 2.83. The quantitative estimate of drug-likeness (QED) is 0.365. The highest BCUT2D eigenvalue weighted by Crippen LogP contribution is 2.23. The molecule has 4 rings (SSSR count). The highest BCUT2D eigenvalue weighted by molar-refractivity contribution is 6.30. The van der Waals surface area contributed by atoms with Crippen LogP contribution in [0.2, 0.25) is 5.02 Å². The Hall–Kier alpha value is -3.44. The van der Waals surface area contributed by atoms with Gasteiger partial charge in [0.25, 0.3) is 5.56 Å². The Morgan fingerprint density at radius 1 is 0.970 bits per heavy atom. The van der Waals surface area contributed by atoms with Crippen molar-refractivity contribution in [2.45, 2.75) is 39.7 Å². The number of nitrogens with zero attached hydrogens (tertiary/aromatic N) is 2. The van der Waals surface area contributed by atoms with Crippen molar-refractivity contribution >= 4 is 34.1 Å². The molecule has 1 heterocycles. The maximum atomic E-state index is 13.5. The number of aromatic nitrogens is 2. The number of aryl methyl sites for hydroxylation is 1. The Morgan fingerprint density at radius 3 is 2.27 bits per heavy atom. The number of hydrogen-bond acceptors (Lipinski definition) is 3. The van der Waals surface area contributed by atoms with Crippen LogP contribution in [0.3, 0.4) is 0 Å². The first-order valence-electron chi connectivity index (χ1n) is 11.2. The monoisotopic (exact) mass is 459 g/mol. The summed E-state index contributed by atoms with van der Waals surface area (Å²) in [6, 6.07) is 21.2. The second kappa shape index (κ2) is 10.0. The number of anilines is 1. The molecule has 0 aliphatic carbocycles. The number of carbonyl (C=O) groups is 1. The van der Waals surface area contributed by atoms with Crippen LogP contribution in [0.25, 0.3) is 22.0 Å². The maximum absolute atomic E-state index is 13.5. The van der Waals surface area contributed by atoms with E-state index in [1.807, 2.05) is 36.4 Å². The standard InChI is InChI=1S/C27H26ClN3O2/c1-3-5-25-30-24-15-14-22(29-26(32)4-2)16-23(24)27(33)31(25)17-18-6-8-19(9-7-18)20-10-12-21(28)13-11-20/h6-16H,3-5,17H2,1-2H3,(H,29,32). The van der Waals surface area contributed by atoms with E-state index in [0.717, 1.165) is 28.9 Å². The molecule has 5 nitrogen and oxygen atoms in total. The van der Waals surface area contributed by atoms with Crippen LogP contribution >= 0.6 is 11.6 Å². The van der Waals surface area contributed by atoms with Gasteiger partial charge in [-0.25, -0.2) is 4.98 Å². The lowest BCUT2D eigenvalue weighted by atomic mass is 10.0. The van der Waals surface area contributed by atoms with Gasteiger partial charge in [-0.2, -0.15) is 0 Å². The summed E-state index contributed by atoms with van der Waals surface area (Å²) in [6.45, 7) is 4.30. The molecule has 1 aromatic heterocycles. The number of nitrogens with one attached hydrogen (secondary N) is 1. The van der Waals surface area contributed by atoms with Gasteiger partial charge in [-0.05, 0) is 53.4 Å². The van der Waals surface area contributed by atoms with E-state index in [9.17, 15) is 9.59 Å². The topological polar surface area (TPSA) is 64.0 Å². The van der Waals surface area contributed by atoms with Crippen molar-refractivity contribution in [1.82, 2.24) is 9.55 Å². The Kier molecular flexibility index (Phi) is 6.90. The number of amides is 1. The van der Waals surface area contributed by atoms with E-state index in [1.165, 1.54) is 0 Å². The fourth-order valence-electron chi connectivity index (χ4n) is 3.80. The van der Waals surface area contributed by atoms with Crippen LogP contribution in [0.5, 0.6) is 0 Å². The second-order valence-corrected chi connectivity index (χ2v) is 8.44. The largest absolute Gasteiger partial charge is 0.326 e. The van der Waals surface area contributed by atoms with Gasteiger partial charge in [-0.15, -0.1) is 0 Å². The third-order valence-corrected chi connectivity index (χ3v) is 5.84. The highest BCUT2D eigenvalue weighted by atomic mass is 35.5. The lowest BCUT2D eigenvalue weighted by Gasteiger charge is -2.14. The summed E-state index contributed by atoms with van der Waals surface area (Å²) in [6.07, 6.45) is 1.97. The predicted molar refractivity (Wildman–Crippen MR) is 135 cm³/mol. The summed E-state index contributed by atoms with van der Waals surface area (Å²) in [4.78, 5) is 30.0. The third kappa shape index (κ3) is 5.15. The van der Waals surface area contributed by atoms with Crippen LogP contribution in [-0.2, 0) is 17.8 Å². The number of fused-ring (bicyclic) bond motifs is 1. The number of benzene rings is 3. The lowest BCUT2D eigenvalue weighted by Crippen LogP contribution is -2.26. The molecule has 0 saturated carbocycles. The van der Waals surface area contributed by atoms with Crippen molar-refractivity contribution in [2.75, 3.05) is 5.32 Å². The van der Waals surface area contributed by atoms with Crippen molar-refractivity contribution in [3.63, 3.8) is 0 Å². The Labute approximate surface area is 198 Å². The van der Waals surface area contributed by atoms with E-state index < -0.39 is 0 Å². The minimum Gasteiger partial charge on any atom is -0.326 e. The molecule has 6 heteroatoms. The van der Waals surface area contributed by atoms with Crippen LogP contribution in [-0.4, -0.2) is 15.5 Å². The SMILES string of the molecule is CCCc1nc2ccc(NC(=O)CC)cc2c(=O)n1Cc1ccc(-c2ccc(Cl)cc2)cc1. The van der Waals surface area contributed by atoms with Gasteiger partial charge in [0.15, 0.2) is 0 Å². The molecule has 0 bridgehead atoms. The molecule has 0 atom stereocenters. The zero-order valence-electron chi connectivity index (χ0n) is 18.8. The van der Waals surface area contributed by atoms with Gasteiger partial charge in [-0.3, -0.25) is 14.2 Å². The van der Waals surface area contributed by atoms with E-state index in [-0.39, 0.29) is 11.5 Å². The molecule has 4 aromatic rings. The first-order valence-corrected chi connectivity index (χ1v) is 11.5. The van der Waals surface area contributed by atoms with E-state index in [1.54, 1.807) is 29.7 Å². The molecule has 0 spiro atoms. The molecule has 168 valence electrons. The first kappa shape index (κ1) is 22.7. The molecule has 1 amide bonds. The molecule has 1 N–H and O–H groups in total. The number of halogens is 1. The molecule has 0 aliphatic heterocycles. The first-order chi connectivity index (χ1) is 16.0. The van der Waals surface area contributed by atoms with E-state index in [0.29, 0.717) is 41.0 Å². The van der Waals surface area contributed by atoms with Crippen molar-refractivity contribution in [3.8, 4) is 11.1 Å². The van der Waals surface area contributed by atoms with Gasteiger partial charge in [0.05, 0.1) is 17.4 Å². The van der Waals surface area contributed by atoms with Crippen molar-refractivity contribution in [3.05, 3.63) is 93.5 Å². The number of rotatable bonds is 7. The van der Waals surface area contributed by atoms with Crippen molar-refractivity contribution in [1.29, 1.82) is 0 Å². The van der Waals surface area contributed by atoms with Gasteiger partial charge in [0.2, 0.25) is 5.91 Å². The fourth-order valence-corrected chi connectivity index (χ4v) is 3.93. The van der Waals surface area contributed by atoms with Gasteiger partial charge in [0.1, 0.15) is 5.82 Å². The summed E-state index contributed by atoms with van der Waals surface area (Å²) in [5, 5.41) is 4.03. The molecular weight excluding hydrogens is 434 g/mol. The van der Waals surface area contributed by atoms with Crippen LogP contribution in [0.1, 0.15) is 38.1 Å². The summed E-state index contributed by atoms with van der Waals surface area (Å²) in [7, 11) is 0. The maximum Gasteiger partial charge on any atom is 0.261 e. The molecule has 0 fully saturated rings. The summed E-state index contributed by atoms with van der Waals surface area (Å²) in [5.74, 6) is 0.674. The van der Waals surface area contributed by atoms with E-state index in [4.69, 9.17) is 16.6 Å². The molecule has 0 aliphatic rings. The van der Waals surface area contributed by atoms with Gasteiger partial charge < -0.3 is 5.32 Å². The van der Waals surface area contributed by atoms with E-state index in [2.05, 4.69) is 24.4 Å². The molecule has 0 saturated heterocycles. The van der Waals surface area contributed by atoms with Crippen molar-refractivity contribution in [2.24, 2.45) is 0 Å². The van der Waals surface area contributed by atoms with Gasteiger partial charge in [0, 0.05) is 23.6 Å². The van der Waals surface area contributed by atoms with Gasteiger partial charge >= 0.3 is 0 Å². The van der Waals surface area contributed by atoms with Crippen LogP contribution in [0.15, 0.2) is 71.5 Å². The molecule has 0 radical (unpaired) electrons. The molecule has 0 unspecified atom stereocenters. The van der Waals surface area contributed by atoms with Crippen LogP contribution in [0, 0.1) is 0 Å². The zero-order chi connectivity index (χ0) is 23.4. The number of carbonyl (C=O) groups excluding carboxylic acids is 1. The molecule has 3 aromatic carbocycles. The molecular formula is C27H26ClN3O2. The fraction of sp³-hybridized carbons (Fsp3) is 0.222. The normalized spacial score (nSPS) is 11.0. The number of hydrogen-bond donors (Lipinski definition) is 1. The second-order valence-electron chi connectivity index (χ2n) is 8.01. The summed E-state index contributed by atoms with van der Waals surface area (Å²) < 4.78 is 1.74. The minimum atomic E-state index is -0.0992. The lowest BCUT2D eigenvalue weighted by molar-refractivity contribution is -0.115. The zero-order valence-corrected chi connectivity index (χ0v) is 19.5. The van der Waals surface area contributed by atoms with Crippen molar-refractivity contribution < 1.29 is 4.79 Å². The summed E-state index contributed by atoms with van der Waals surface area (Å²) >= 11 is 5.99. The van der Waals surface area contributed by atoms with Crippen LogP contribution < -0.4 is 10.9 Å².